The molecule has 1 fully saturated rings. The van der Waals surface area contributed by atoms with E-state index in [1.807, 2.05) is 0 Å². The van der Waals surface area contributed by atoms with Gasteiger partial charge >= 0.3 is 6.03 Å². The molecule has 1 aliphatic rings. The van der Waals surface area contributed by atoms with Gasteiger partial charge in [-0.05, 0) is 48.5 Å². The Morgan fingerprint density at radius 3 is 1.63 bits per heavy atom. The molecule has 1 aliphatic heterocycles. The second kappa shape index (κ2) is 9.08. The molecule has 1 atom stereocenters. The lowest BCUT2D eigenvalue weighted by Gasteiger charge is -2.20. The number of amides is 3. The van der Waals surface area contributed by atoms with Crippen molar-refractivity contribution >= 4 is 61.0 Å². The molecule has 180 valence electrons. The molecule has 3 amide bonds. The summed E-state index contributed by atoms with van der Waals surface area (Å²) in [4.78, 5) is 38.9. The van der Waals surface area contributed by atoms with E-state index in [1.165, 1.54) is 48.5 Å². The standard InChI is InChI=1S/C22H14Cl2N2O7S2/c23-15-6-10-17(11-7-15)34(30,31)25-19(20(27)14-4-2-1-3-5-14)21(28)26(22(25)29)35(32,33)18-12-8-16(24)9-13-18/h1-13,19H. The molecule has 9 nitrogen and oxygen atoms in total. The van der Waals surface area contributed by atoms with E-state index in [1.54, 1.807) is 6.07 Å². The summed E-state index contributed by atoms with van der Waals surface area (Å²) < 4.78 is 53.0. The third-order valence-corrected chi connectivity index (χ3v) is 9.00. The summed E-state index contributed by atoms with van der Waals surface area (Å²) in [7, 11) is -9.75. The first kappa shape index (κ1) is 24.9. The zero-order chi connectivity index (χ0) is 25.5. The smallest absolute Gasteiger partial charge is 0.291 e. The summed E-state index contributed by atoms with van der Waals surface area (Å²) in [5, 5.41) is 0.378. The molecule has 0 saturated carbocycles. The van der Waals surface area contributed by atoms with Crippen LogP contribution in [0.2, 0.25) is 10.0 Å². The second-order valence-corrected chi connectivity index (χ2v) is 11.7. The van der Waals surface area contributed by atoms with Gasteiger partial charge in [0.25, 0.3) is 26.0 Å². The fourth-order valence-electron chi connectivity index (χ4n) is 3.38. The fraction of sp³-hybridized carbons (Fsp3) is 0.0455. The summed E-state index contributed by atoms with van der Waals surface area (Å²) in [6, 6.07) is 12.2. The van der Waals surface area contributed by atoms with Gasteiger partial charge in [-0.3, -0.25) is 9.59 Å². The molecule has 1 unspecified atom stereocenters. The third kappa shape index (κ3) is 4.31. The van der Waals surface area contributed by atoms with Gasteiger partial charge in [-0.2, -0.15) is 4.31 Å². The van der Waals surface area contributed by atoms with Crippen LogP contribution in [0.25, 0.3) is 0 Å². The second-order valence-electron chi connectivity index (χ2n) is 7.23. The zero-order valence-corrected chi connectivity index (χ0v) is 20.6. The summed E-state index contributed by atoms with van der Waals surface area (Å²) in [5.41, 5.74) is -0.0966. The predicted molar refractivity (Wildman–Crippen MR) is 126 cm³/mol. The lowest BCUT2D eigenvalue weighted by Crippen LogP contribution is -2.45. The van der Waals surface area contributed by atoms with E-state index < -0.39 is 53.6 Å². The number of imide groups is 1. The van der Waals surface area contributed by atoms with Crippen LogP contribution in [0, 0.1) is 0 Å². The van der Waals surface area contributed by atoms with Crippen molar-refractivity contribution in [1.82, 2.24) is 8.61 Å². The molecule has 0 N–H and O–H groups in total. The SMILES string of the molecule is O=C(c1ccccc1)C1C(=O)N(S(=O)(=O)c2ccc(Cl)cc2)C(=O)N1S(=O)(=O)c1ccc(Cl)cc1. The third-order valence-electron chi connectivity index (χ3n) is 5.06. The Morgan fingerprint density at radius 1 is 0.686 bits per heavy atom. The van der Waals surface area contributed by atoms with Crippen molar-refractivity contribution in [3.05, 3.63) is 94.5 Å². The molecule has 3 aromatic carbocycles. The maximum Gasteiger partial charge on any atom is 0.356 e. The highest BCUT2D eigenvalue weighted by Gasteiger charge is 2.59. The van der Waals surface area contributed by atoms with Crippen LogP contribution in [0.4, 0.5) is 4.79 Å². The molecule has 0 aliphatic carbocycles. The van der Waals surface area contributed by atoms with Gasteiger partial charge in [0.15, 0.2) is 11.8 Å². The minimum absolute atomic E-state index is 0.0125. The van der Waals surface area contributed by atoms with E-state index in [-0.39, 0.29) is 24.2 Å². The van der Waals surface area contributed by atoms with Crippen molar-refractivity contribution < 1.29 is 31.2 Å². The largest absolute Gasteiger partial charge is 0.356 e. The number of carbonyl (C=O) groups excluding carboxylic acids is 3. The van der Waals surface area contributed by atoms with Gasteiger partial charge in [0.1, 0.15) is 0 Å². The highest BCUT2D eigenvalue weighted by atomic mass is 35.5. The van der Waals surface area contributed by atoms with E-state index >= 15 is 0 Å². The Kier molecular flexibility index (Phi) is 6.45. The quantitative estimate of drug-likeness (QED) is 0.260. The molecule has 4 rings (SSSR count). The van der Waals surface area contributed by atoms with E-state index in [4.69, 9.17) is 23.2 Å². The Hall–Kier alpha value is -3.25. The predicted octanol–water partition coefficient (Wildman–Crippen LogP) is 3.59. The monoisotopic (exact) mass is 552 g/mol. The first-order valence-corrected chi connectivity index (χ1v) is 13.4. The van der Waals surface area contributed by atoms with Gasteiger partial charge in [-0.25, -0.2) is 21.6 Å². The van der Waals surface area contributed by atoms with E-state index in [9.17, 15) is 31.2 Å². The Bertz CT molecular complexity index is 1540. The van der Waals surface area contributed by atoms with Gasteiger partial charge in [0.2, 0.25) is 0 Å². The van der Waals surface area contributed by atoms with Crippen molar-refractivity contribution in [2.75, 3.05) is 0 Å². The highest BCUT2D eigenvalue weighted by molar-refractivity contribution is 7.91. The number of hydrogen-bond acceptors (Lipinski definition) is 7. The van der Waals surface area contributed by atoms with Crippen molar-refractivity contribution in [2.45, 2.75) is 15.8 Å². The zero-order valence-electron chi connectivity index (χ0n) is 17.4. The molecular formula is C22H14Cl2N2O7S2. The highest BCUT2D eigenvalue weighted by Crippen LogP contribution is 2.33. The maximum absolute atomic E-state index is 13.4. The van der Waals surface area contributed by atoms with Crippen LogP contribution in [0.15, 0.2) is 88.7 Å². The van der Waals surface area contributed by atoms with Crippen molar-refractivity contribution in [3.8, 4) is 0 Å². The van der Waals surface area contributed by atoms with E-state index in [0.717, 1.165) is 24.3 Å². The molecule has 0 radical (unpaired) electrons. The number of nitrogens with zero attached hydrogens (tertiary/aromatic N) is 2. The average Bonchev–Trinajstić information content (AvgIpc) is 3.10. The molecular weight excluding hydrogens is 539 g/mol. The number of Topliss-reactive ketones (excluding diaryl/α,β-unsaturated/α-hetero) is 1. The minimum atomic E-state index is -4.89. The van der Waals surface area contributed by atoms with Crippen LogP contribution in [0.3, 0.4) is 0 Å². The molecule has 1 saturated heterocycles. The number of ketones is 1. The number of benzene rings is 3. The average molecular weight is 553 g/mol. The molecule has 0 bridgehead atoms. The fourth-order valence-corrected chi connectivity index (χ4v) is 6.46. The van der Waals surface area contributed by atoms with Crippen LogP contribution in [0.1, 0.15) is 10.4 Å². The van der Waals surface area contributed by atoms with Crippen molar-refractivity contribution in [3.63, 3.8) is 0 Å². The molecule has 1 heterocycles. The van der Waals surface area contributed by atoms with E-state index in [0.29, 0.717) is 0 Å². The van der Waals surface area contributed by atoms with Crippen molar-refractivity contribution in [2.24, 2.45) is 0 Å². The lowest BCUT2D eigenvalue weighted by molar-refractivity contribution is -0.123. The van der Waals surface area contributed by atoms with Crippen LogP contribution in [0.5, 0.6) is 0 Å². The Morgan fingerprint density at radius 2 is 1.14 bits per heavy atom. The van der Waals surface area contributed by atoms with Gasteiger partial charge in [0.05, 0.1) is 9.79 Å². The van der Waals surface area contributed by atoms with E-state index in [2.05, 4.69) is 0 Å². The van der Waals surface area contributed by atoms with Crippen LogP contribution in [-0.2, 0) is 24.8 Å². The molecule has 0 spiro atoms. The molecule has 13 heteroatoms. The number of carbonyl (C=O) groups is 3. The number of hydrogen-bond donors (Lipinski definition) is 0. The number of halogens is 2. The van der Waals surface area contributed by atoms with Crippen LogP contribution in [-0.4, -0.2) is 49.2 Å². The van der Waals surface area contributed by atoms with Crippen molar-refractivity contribution in [1.29, 1.82) is 0 Å². The minimum Gasteiger partial charge on any atom is -0.291 e. The van der Waals surface area contributed by atoms with Gasteiger partial charge in [0, 0.05) is 15.6 Å². The Labute approximate surface area is 210 Å². The first-order valence-electron chi connectivity index (χ1n) is 9.74. The number of urea groups is 1. The van der Waals surface area contributed by atoms with Crippen LogP contribution >= 0.6 is 23.2 Å². The summed E-state index contributed by atoms with van der Waals surface area (Å²) in [6.07, 6.45) is 0. The number of rotatable bonds is 6. The van der Waals surface area contributed by atoms with Crippen LogP contribution < -0.4 is 0 Å². The summed E-state index contributed by atoms with van der Waals surface area (Å²) in [6.45, 7) is 0. The maximum atomic E-state index is 13.4. The lowest BCUT2D eigenvalue weighted by atomic mass is 10.0. The van der Waals surface area contributed by atoms with Gasteiger partial charge in [-0.15, -0.1) is 4.31 Å². The molecule has 3 aromatic rings. The Balaban J connectivity index is 1.89. The van der Waals surface area contributed by atoms with Gasteiger partial charge < -0.3 is 0 Å². The summed E-state index contributed by atoms with van der Waals surface area (Å²) in [5.74, 6) is -2.60. The molecule has 35 heavy (non-hydrogen) atoms. The normalized spacial score (nSPS) is 16.6. The number of sulfonamides is 2. The van der Waals surface area contributed by atoms with Gasteiger partial charge in [-0.1, -0.05) is 53.5 Å². The first-order chi connectivity index (χ1) is 16.5. The topological polar surface area (TPSA) is 126 Å². The molecule has 0 aromatic heterocycles. The summed E-state index contributed by atoms with van der Waals surface area (Å²) >= 11 is 11.6.